The third-order valence-corrected chi connectivity index (χ3v) is 10.4. The predicted octanol–water partition coefficient (Wildman–Crippen LogP) is 12.8. The van der Waals surface area contributed by atoms with E-state index in [0.29, 0.717) is 47.4 Å². The molecule has 7 aromatic rings. The summed E-state index contributed by atoms with van der Waals surface area (Å²) < 4.78 is 12.3. The number of nitrogens with one attached hydrogen (secondary N) is 3. The maximum absolute atomic E-state index is 6.14. The van der Waals surface area contributed by atoms with Gasteiger partial charge in [-0.15, -0.1) is 0 Å². The molecule has 1 atom stereocenters. The maximum Gasteiger partial charge on any atom is 0.233 e. The summed E-state index contributed by atoms with van der Waals surface area (Å²) in [6.07, 6.45) is 9.00. The molecule has 0 aliphatic rings. The van der Waals surface area contributed by atoms with Gasteiger partial charge in [0.1, 0.15) is 11.0 Å². The quantitative estimate of drug-likeness (QED) is 0.0732. The van der Waals surface area contributed by atoms with Crippen LogP contribution in [0.1, 0.15) is 91.2 Å². The number of aryl methyl sites for hydroxylation is 2. The molecule has 0 radical (unpaired) electrons. The van der Waals surface area contributed by atoms with Crippen LogP contribution in [0.4, 0.5) is 29.2 Å². The molecule has 10 heteroatoms. The molecule has 0 aliphatic heterocycles. The minimum atomic E-state index is 0.427. The van der Waals surface area contributed by atoms with Crippen molar-refractivity contribution in [3.8, 4) is 22.9 Å². The van der Waals surface area contributed by atoms with Crippen molar-refractivity contribution in [3.63, 3.8) is 0 Å². The van der Waals surface area contributed by atoms with Crippen molar-refractivity contribution in [3.05, 3.63) is 96.1 Å². The highest BCUT2D eigenvalue weighted by Gasteiger charge is 2.14. The van der Waals surface area contributed by atoms with Crippen LogP contribution in [-0.2, 0) is 12.8 Å². The van der Waals surface area contributed by atoms with Gasteiger partial charge in [-0.25, -0.2) is 9.97 Å². The summed E-state index contributed by atoms with van der Waals surface area (Å²) in [5.74, 6) is 4.41. The number of anilines is 5. The molecule has 0 saturated carbocycles. The first-order valence-corrected chi connectivity index (χ1v) is 20.7. The predicted molar refractivity (Wildman–Crippen MR) is 233 cm³/mol. The number of benzene rings is 4. The van der Waals surface area contributed by atoms with Crippen LogP contribution in [0.15, 0.2) is 93.8 Å². The van der Waals surface area contributed by atoms with Gasteiger partial charge in [0.2, 0.25) is 29.6 Å². The third-order valence-electron chi connectivity index (χ3n) is 10.4. The van der Waals surface area contributed by atoms with Gasteiger partial charge < -0.3 is 24.8 Å². The Balaban J connectivity index is 1.07. The van der Waals surface area contributed by atoms with Gasteiger partial charge in [-0.05, 0) is 134 Å². The molecule has 4 aromatic carbocycles. The highest BCUT2D eigenvalue weighted by molar-refractivity contribution is 5.78. The standard InChI is InChI=1S/C47H56N8O2/c1-7-9-10-32(8-2)29-48-45-53-46(49-37-21-17-35(18-22-37)43-51-39-27-33(13-11-30(3)4)15-25-41(39)56-43)55-47(54-45)50-38-23-19-36(20-24-38)44-52-40-28-34(14-12-31(5)6)16-26-42(40)57-44/h15-28,30-32H,7-14,29H2,1-6H3,(H3,48,49,50,53,54,55). The number of aromatic nitrogens is 5. The Morgan fingerprint density at radius 3 is 1.46 bits per heavy atom. The number of oxazole rings is 2. The lowest BCUT2D eigenvalue weighted by Gasteiger charge is -2.16. The molecule has 0 bridgehead atoms. The second-order valence-corrected chi connectivity index (χ2v) is 16.0. The van der Waals surface area contributed by atoms with Crippen LogP contribution < -0.4 is 16.0 Å². The first-order valence-electron chi connectivity index (χ1n) is 20.7. The molecule has 7 rings (SSSR count). The highest BCUT2D eigenvalue weighted by Crippen LogP contribution is 2.30. The summed E-state index contributed by atoms with van der Waals surface area (Å²) >= 11 is 0. The van der Waals surface area contributed by atoms with Gasteiger partial charge in [-0.2, -0.15) is 15.0 Å². The fourth-order valence-electron chi connectivity index (χ4n) is 6.81. The van der Waals surface area contributed by atoms with Crippen LogP contribution in [0, 0.1) is 17.8 Å². The fourth-order valence-corrected chi connectivity index (χ4v) is 6.81. The van der Waals surface area contributed by atoms with Crippen molar-refractivity contribution in [2.45, 2.75) is 92.9 Å². The largest absolute Gasteiger partial charge is 0.436 e. The van der Waals surface area contributed by atoms with E-state index in [1.807, 2.05) is 60.7 Å². The van der Waals surface area contributed by atoms with Crippen molar-refractivity contribution in [2.24, 2.45) is 17.8 Å². The van der Waals surface area contributed by atoms with Crippen LogP contribution >= 0.6 is 0 Å². The summed E-state index contributed by atoms with van der Waals surface area (Å²) in [5, 5.41) is 10.3. The molecule has 57 heavy (non-hydrogen) atoms. The molecule has 10 nitrogen and oxygen atoms in total. The first-order chi connectivity index (χ1) is 27.7. The summed E-state index contributed by atoms with van der Waals surface area (Å²) in [7, 11) is 0. The number of hydrogen-bond donors (Lipinski definition) is 3. The molecule has 0 fully saturated rings. The van der Waals surface area contributed by atoms with Crippen LogP contribution in [0.2, 0.25) is 0 Å². The molecule has 0 spiro atoms. The molecule has 1 unspecified atom stereocenters. The van der Waals surface area contributed by atoms with E-state index in [4.69, 9.17) is 33.8 Å². The molecule has 3 N–H and O–H groups in total. The Morgan fingerprint density at radius 1 is 0.544 bits per heavy atom. The fraction of sp³-hybridized carbons (Fsp3) is 0.383. The number of fused-ring (bicyclic) bond motifs is 2. The molecule has 0 aliphatic carbocycles. The second kappa shape index (κ2) is 18.4. The summed E-state index contributed by atoms with van der Waals surface area (Å²) in [6, 6.07) is 28.5. The lowest BCUT2D eigenvalue weighted by atomic mass is 9.99. The molecule has 0 amide bonds. The Labute approximate surface area is 336 Å². The van der Waals surface area contributed by atoms with Crippen molar-refractivity contribution >= 4 is 51.4 Å². The molecule has 0 saturated heterocycles. The van der Waals surface area contributed by atoms with Gasteiger partial charge in [0.15, 0.2) is 11.2 Å². The minimum Gasteiger partial charge on any atom is -0.436 e. The van der Waals surface area contributed by atoms with Crippen LogP contribution in [-0.4, -0.2) is 31.5 Å². The van der Waals surface area contributed by atoms with E-state index in [1.165, 1.54) is 30.4 Å². The number of hydrogen-bond acceptors (Lipinski definition) is 10. The molecule has 3 aromatic heterocycles. The number of unbranched alkanes of at least 4 members (excludes halogenated alkanes) is 1. The van der Waals surface area contributed by atoms with Crippen LogP contribution in [0.5, 0.6) is 0 Å². The lowest BCUT2D eigenvalue weighted by molar-refractivity contribution is 0.472. The minimum absolute atomic E-state index is 0.427. The SMILES string of the molecule is CCCCC(CC)CNc1nc(Nc2ccc(-c3nc4cc(CCC(C)C)ccc4o3)cc2)nc(Nc2ccc(-c3nc4cc(CCC(C)C)ccc4o3)cc2)n1. The van der Waals surface area contributed by atoms with Gasteiger partial charge in [0.25, 0.3) is 0 Å². The van der Waals surface area contributed by atoms with Gasteiger partial charge in [0, 0.05) is 29.0 Å². The van der Waals surface area contributed by atoms with E-state index in [1.54, 1.807) is 0 Å². The second-order valence-electron chi connectivity index (χ2n) is 16.0. The highest BCUT2D eigenvalue weighted by atomic mass is 16.4. The van der Waals surface area contributed by atoms with E-state index < -0.39 is 0 Å². The third kappa shape index (κ3) is 10.6. The van der Waals surface area contributed by atoms with Gasteiger partial charge in [-0.3, -0.25) is 0 Å². The van der Waals surface area contributed by atoms with E-state index in [2.05, 4.69) is 81.8 Å². The van der Waals surface area contributed by atoms with Crippen molar-refractivity contribution < 1.29 is 8.83 Å². The van der Waals surface area contributed by atoms with Crippen LogP contribution in [0.25, 0.3) is 45.1 Å². The van der Waals surface area contributed by atoms with Gasteiger partial charge in [-0.1, -0.05) is 72.9 Å². The Kier molecular flexibility index (Phi) is 12.8. The van der Waals surface area contributed by atoms with Crippen LogP contribution in [0.3, 0.4) is 0 Å². The van der Waals surface area contributed by atoms with Crippen molar-refractivity contribution in [1.82, 2.24) is 24.9 Å². The maximum atomic E-state index is 6.14. The summed E-state index contributed by atoms with van der Waals surface area (Å²) in [5.41, 5.74) is 9.36. The zero-order valence-corrected chi connectivity index (χ0v) is 34.2. The average Bonchev–Trinajstić information content (AvgIpc) is 3.84. The first kappa shape index (κ1) is 39.5. The van der Waals surface area contributed by atoms with Gasteiger partial charge in [0.05, 0.1) is 0 Å². The lowest BCUT2D eigenvalue weighted by Crippen LogP contribution is -2.16. The zero-order valence-electron chi connectivity index (χ0n) is 34.2. The number of nitrogens with zero attached hydrogens (tertiary/aromatic N) is 5. The zero-order chi connectivity index (χ0) is 39.7. The van der Waals surface area contributed by atoms with E-state index >= 15 is 0 Å². The van der Waals surface area contributed by atoms with Gasteiger partial charge >= 0.3 is 0 Å². The monoisotopic (exact) mass is 764 g/mol. The average molecular weight is 765 g/mol. The molecular formula is C47H56N8O2. The Bertz CT molecular complexity index is 2210. The smallest absolute Gasteiger partial charge is 0.233 e. The normalized spacial score (nSPS) is 12.2. The van der Waals surface area contributed by atoms with E-state index in [9.17, 15) is 0 Å². The summed E-state index contributed by atoms with van der Waals surface area (Å²) in [4.78, 5) is 23.9. The van der Waals surface area contributed by atoms with E-state index in [-0.39, 0.29) is 0 Å². The summed E-state index contributed by atoms with van der Waals surface area (Å²) in [6.45, 7) is 14.3. The molecule has 296 valence electrons. The Hall–Kier alpha value is -5.77. The molecular weight excluding hydrogens is 709 g/mol. The molecule has 3 heterocycles. The Morgan fingerprint density at radius 2 is 1.02 bits per heavy atom. The topological polar surface area (TPSA) is 127 Å². The van der Waals surface area contributed by atoms with Crippen molar-refractivity contribution in [1.29, 1.82) is 0 Å². The van der Waals surface area contributed by atoms with E-state index in [0.717, 1.165) is 83.3 Å². The van der Waals surface area contributed by atoms with Crippen molar-refractivity contribution in [2.75, 3.05) is 22.5 Å². The number of rotatable bonds is 19.